The van der Waals surface area contributed by atoms with Crippen molar-refractivity contribution in [3.05, 3.63) is 35.9 Å². The van der Waals surface area contributed by atoms with Crippen LogP contribution in [-0.2, 0) is 21.5 Å². The fraction of sp³-hybridized carbons (Fsp3) is 0.476. The van der Waals surface area contributed by atoms with E-state index in [1.165, 1.54) is 0 Å². The number of hydrogen-bond donors (Lipinski definition) is 2. The number of alkyl carbamates (subject to hydrolysis) is 1. The molecule has 15 heteroatoms. The Labute approximate surface area is 202 Å². The van der Waals surface area contributed by atoms with Crippen LogP contribution in [0.3, 0.4) is 0 Å². The number of quaternary nitrogens is 1. The first-order valence-corrected chi connectivity index (χ1v) is 11.2. The highest BCUT2D eigenvalue weighted by atomic mass is 32.2. The number of rotatable bonds is 3. The van der Waals surface area contributed by atoms with Crippen molar-refractivity contribution in [2.45, 2.75) is 60.7 Å². The first-order valence-electron chi connectivity index (χ1n) is 9.75. The second-order valence-corrected chi connectivity index (χ2v) is 9.53. The highest BCUT2D eigenvalue weighted by Crippen LogP contribution is 2.45. The molecule has 0 aliphatic heterocycles. The van der Waals surface area contributed by atoms with Gasteiger partial charge in [0.15, 0.2) is 15.7 Å². The van der Waals surface area contributed by atoms with E-state index in [1.807, 2.05) is 18.2 Å². The van der Waals surface area contributed by atoms with Gasteiger partial charge in [-0.15, -0.1) is 12.8 Å². The molecular weight excluding hydrogens is 525 g/mol. The van der Waals surface area contributed by atoms with Crippen LogP contribution in [0.25, 0.3) is 0 Å². The molecule has 1 aromatic carbocycles. The molecule has 2 aliphatic carbocycles. The molecule has 3 rings (SSSR count). The number of halogens is 7. The molecule has 7 nitrogen and oxygen atoms in total. The van der Waals surface area contributed by atoms with Crippen LogP contribution in [0.2, 0.25) is 0 Å². The number of amides is 1. The summed E-state index contributed by atoms with van der Waals surface area (Å²) in [6.07, 6.45) is 7.76. The maximum absolute atomic E-state index is 12.8. The van der Waals surface area contributed by atoms with E-state index >= 15 is 0 Å². The molecule has 2 fully saturated rings. The van der Waals surface area contributed by atoms with Gasteiger partial charge in [0.25, 0.3) is 11.8 Å². The molecule has 0 radical (unpaired) electrons. The monoisotopic (exact) mass is 546 g/mol. The Kier molecular flexibility index (Phi) is 9.43. The number of carbonyl (C=O) groups excluding carboxylic acids is 1. The quantitative estimate of drug-likeness (QED) is 0.261. The fourth-order valence-corrected chi connectivity index (χ4v) is 3.05. The van der Waals surface area contributed by atoms with Gasteiger partial charge in [-0.25, -0.2) is 30.8 Å². The molecule has 0 heterocycles. The molecule has 200 valence electrons. The van der Waals surface area contributed by atoms with Crippen molar-refractivity contribution in [3.8, 4) is 24.7 Å². The van der Waals surface area contributed by atoms with Crippen LogP contribution in [0.4, 0.5) is 35.5 Å². The molecule has 0 atom stereocenters. The van der Waals surface area contributed by atoms with Gasteiger partial charge >= 0.3 is 11.6 Å². The highest BCUT2D eigenvalue weighted by molar-refractivity contribution is 7.86. The Hall–Kier alpha value is -3.01. The van der Waals surface area contributed by atoms with E-state index in [0.717, 1.165) is 5.56 Å². The number of hydrogen-bond acceptors (Lipinski definition) is 5. The lowest BCUT2D eigenvalue weighted by Crippen LogP contribution is -2.80. The Morgan fingerprint density at radius 3 is 1.78 bits per heavy atom. The lowest BCUT2D eigenvalue weighted by atomic mass is 9.74. The van der Waals surface area contributed by atoms with Gasteiger partial charge < -0.3 is 20.3 Å². The molecule has 0 bridgehead atoms. The Morgan fingerprint density at radius 2 is 1.47 bits per heavy atom. The summed E-state index contributed by atoms with van der Waals surface area (Å²) < 4.78 is 114. The molecular formula is C21H21F7N2O5S. The lowest BCUT2D eigenvalue weighted by Gasteiger charge is -2.43. The zero-order valence-corrected chi connectivity index (χ0v) is 19.2. The molecule has 1 amide bonds. The second-order valence-electron chi connectivity index (χ2n) is 8.16. The zero-order valence-electron chi connectivity index (χ0n) is 18.4. The number of ether oxygens (including phenoxy) is 1. The van der Waals surface area contributed by atoms with Crippen LogP contribution in [-0.4, -0.2) is 47.5 Å². The first-order chi connectivity index (χ1) is 16.2. The first kappa shape index (κ1) is 31.0. The smallest absolute Gasteiger partial charge is 0.485 e. The maximum Gasteiger partial charge on any atom is 0.485 e. The zero-order chi connectivity index (χ0) is 28.1. The second kappa shape index (κ2) is 10.9. The van der Waals surface area contributed by atoms with Crippen LogP contribution in [0, 0.1) is 24.7 Å². The van der Waals surface area contributed by atoms with Gasteiger partial charge in [-0.1, -0.05) is 36.3 Å². The predicted octanol–water partition coefficient (Wildman–Crippen LogP) is 2.79. The molecule has 0 aromatic heterocycles. The van der Waals surface area contributed by atoms with Crippen molar-refractivity contribution in [1.29, 1.82) is 0 Å². The minimum Gasteiger partial charge on any atom is -0.741 e. The maximum atomic E-state index is 12.8. The molecule has 0 spiro atoms. The Morgan fingerprint density at radius 1 is 1.03 bits per heavy atom. The van der Waals surface area contributed by atoms with E-state index in [4.69, 9.17) is 30.6 Å². The van der Waals surface area contributed by atoms with Crippen LogP contribution in [0.15, 0.2) is 30.3 Å². The van der Waals surface area contributed by atoms with Crippen molar-refractivity contribution in [2.75, 3.05) is 0 Å². The average molecular weight is 546 g/mol. The molecule has 0 unspecified atom stereocenters. The lowest BCUT2D eigenvalue weighted by molar-refractivity contribution is -0.499. The van der Waals surface area contributed by atoms with Gasteiger partial charge in [-0.3, -0.25) is 0 Å². The van der Waals surface area contributed by atoms with Gasteiger partial charge in [-0.05, 0) is 11.5 Å². The van der Waals surface area contributed by atoms with E-state index in [0.29, 0.717) is 0 Å². The van der Waals surface area contributed by atoms with E-state index in [2.05, 4.69) is 22.9 Å². The van der Waals surface area contributed by atoms with Crippen LogP contribution in [0.5, 0.6) is 0 Å². The minimum atomic E-state index is -6.09. The number of nitrogens with one attached hydrogen (secondary N) is 1. The van der Waals surface area contributed by atoms with Crippen molar-refractivity contribution >= 4 is 16.2 Å². The van der Waals surface area contributed by atoms with Crippen LogP contribution in [0.1, 0.15) is 31.2 Å². The topological polar surface area (TPSA) is 123 Å². The van der Waals surface area contributed by atoms with Crippen molar-refractivity contribution < 1.29 is 59.0 Å². The number of terminal acetylenes is 2. The van der Waals surface area contributed by atoms with E-state index < -0.39 is 57.5 Å². The van der Waals surface area contributed by atoms with E-state index in [-0.39, 0.29) is 19.4 Å². The van der Waals surface area contributed by atoms with Gasteiger partial charge in [0.1, 0.15) is 12.1 Å². The molecule has 2 saturated carbocycles. The van der Waals surface area contributed by atoms with Crippen LogP contribution < -0.4 is 11.1 Å². The van der Waals surface area contributed by atoms with Crippen molar-refractivity contribution in [2.24, 2.45) is 0 Å². The standard InChI is InChI=1S/C14H13F2NO2.C6H7F2N.CHF3O3S/c1-2-13(9-14(15,16)10-13)17-12(18)19-8-11-6-4-3-5-7-11;1-2-5(9)3-6(7,8)4-5;2-1(3,4)8(5,6)7/h1,3-7H,8-10H2,(H,17,18);1H,3-4,9H2;(H,5,6,7). The van der Waals surface area contributed by atoms with Crippen LogP contribution >= 0.6 is 0 Å². The summed E-state index contributed by atoms with van der Waals surface area (Å²) in [6.45, 7) is 0.0731. The summed E-state index contributed by atoms with van der Waals surface area (Å²) in [5.74, 6) is -0.904. The molecule has 0 saturated heterocycles. The van der Waals surface area contributed by atoms with E-state index in [9.17, 15) is 35.5 Å². The number of benzene rings is 1. The summed E-state index contributed by atoms with van der Waals surface area (Å²) >= 11 is 0. The number of alkyl halides is 7. The fourth-order valence-electron chi connectivity index (χ4n) is 3.05. The minimum absolute atomic E-state index is 0.0731. The van der Waals surface area contributed by atoms with Crippen molar-refractivity contribution in [1.82, 2.24) is 5.32 Å². The summed E-state index contributed by atoms with van der Waals surface area (Å²) in [7, 11) is -6.09. The summed E-state index contributed by atoms with van der Waals surface area (Å²) in [6, 6.07) is 9.05. The largest absolute Gasteiger partial charge is 0.741 e. The summed E-state index contributed by atoms with van der Waals surface area (Å²) in [5, 5.41) is 2.33. The van der Waals surface area contributed by atoms with E-state index in [1.54, 1.807) is 12.1 Å². The third kappa shape index (κ3) is 9.56. The Bertz CT molecular complexity index is 1090. The molecule has 4 N–H and O–H groups in total. The number of carbonyl (C=O) groups is 1. The van der Waals surface area contributed by atoms with Gasteiger partial charge in [0, 0.05) is 12.8 Å². The molecule has 2 aliphatic rings. The Balaban J connectivity index is 0.000000317. The van der Waals surface area contributed by atoms with Gasteiger partial charge in [-0.2, -0.15) is 13.2 Å². The normalized spacial score (nSPS) is 20.1. The SMILES string of the molecule is C#CC1(NC(=O)OCc2ccccc2)CC(F)(F)C1.C#CC1([NH3+])CC(F)(F)C1.O=S(=O)([O-])C(F)(F)F. The average Bonchev–Trinajstić information content (AvgIpc) is 2.69. The van der Waals surface area contributed by atoms with Crippen molar-refractivity contribution in [3.63, 3.8) is 0 Å². The predicted molar refractivity (Wildman–Crippen MR) is 110 cm³/mol. The third-order valence-electron chi connectivity index (χ3n) is 4.73. The highest BCUT2D eigenvalue weighted by Gasteiger charge is 2.57. The molecule has 36 heavy (non-hydrogen) atoms. The summed E-state index contributed by atoms with van der Waals surface area (Å²) in [5.41, 5.74) is -3.42. The van der Waals surface area contributed by atoms with Gasteiger partial charge in [0.2, 0.25) is 0 Å². The van der Waals surface area contributed by atoms with Gasteiger partial charge in [0.05, 0.1) is 12.8 Å². The third-order valence-corrected chi connectivity index (χ3v) is 5.30. The molecule has 1 aromatic rings. The summed E-state index contributed by atoms with van der Waals surface area (Å²) in [4.78, 5) is 11.5.